The van der Waals surface area contributed by atoms with Crippen LogP contribution in [-0.4, -0.2) is 36.2 Å². The summed E-state index contributed by atoms with van der Waals surface area (Å²) >= 11 is 0. The highest BCUT2D eigenvalue weighted by molar-refractivity contribution is 7.91. The van der Waals surface area contributed by atoms with E-state index in [-0.39, 0.29) is 11.5 Å². The van der Waals surface area contributed by atoms with Crippen molar-refractivity contribution in [3.05, 3.63) is 5.69 Å². The van der Waals surface area contributed by atoms with Crippen molar-refractivity contribution in [2.45, 2.75) is 20.3 Å². The zero-order valence-corrected chi connectivity index (χ0v) is 11.3. The molecular formula is C10H20N4O2S. The zero-order valence-electron chi connectivity index (χ0n) is 10.5. The largest absolute Gasteiger partial charge is 0.394 e. The first-order chi connectivity index (χ1) is 7.91. The number of hydrogen-bond acceptors (Lipinski definition) is 5. The van der Waals surface area contributed by atoms with Crippen molar-refractivity contribution < 1.29 is 8.42 Å². The Morgan fingerprint density at radius 1 is 1.41 bits per heavy atom. The van der Waals surface area contributed by atoms with Gasteiger partial charge in [-0.05, 0) is 6.42 Å². The number of nitrogens with two attached hydrogens (primary N) is 1. The Morgan fingerprint density at radius 3 is 2.53 bits per heavy atom. The average molecular weight is 260 g/mol. The third-order valence-electron chi connectivity index (χ3n) is 2.64. The van der Waals surface area contributed by atoms with Gasteiger partial charge in [0.05, 0.1) is 17.1 Å². The summed E-state index contributed by atoms with van der Waals surface area (Å²) in [5.41, 5.74) is 7.33. The van der Waals surface area contributed by atoms with Crippen LogP contribution in [0.3, 0.4) is 0 Å². The number of anilines is 2. The van der Waals surface area contributed by atoms with Gasteiger partial charge in [-0.15, -0.1) is 0 Å². The van der Waals surface area contributed by atoms with Gasteiger partial charge in [-0.2, -0.15) is 5.10 Å². The van der Waals surface area contributed by atoms with Gasteiger partial charge in [0.2, 0.25) is 0 Å². The standard InChI is InChI=1S/C10H20N4O2S/c1-4-8-9(11)10(14(3)13-8)12-6-7-17(15,16)5-2/h12H,4-7,11H2,1-3H3. The molecule has 0 fully saturated rings. The number of aromatic nitrogens is 2. The van der Waals surface area contributed by atoms with E-state index in [0.29, 0.717) is 18.1 Å². The first-order valence-electron chi connectivity index (χ1n) is 5.67. The molecule has 1 aromatic rings. The molecule has 0 aromatic carbocycles. The van der Waals surface area contributed by atoms with Crippen molar-refractivity contribution in [2.24, 2.45) is 7.05 Å². The maximum absolute atomic E-state index is 11.3. The predicted octanol–water partition coefficient (Wildman–Crippen LogP) is 0.411. The monoisotopic (exact) mass is 260 g/mol. The highest BCUT2D eigenvalue weighted by Gasteiger charge is 2.12. The molecule has 0 saturated heterocycles. The summed E-state index contributed by atoms with van der Waals surface area (Å²) in [6.45, 7) is 3.97. The van der Waals surface area contributed by atoms with Gasteiger partial charge in [0, 0.05) is 19.3 Å². The number of nitrogens with one attached hydrogen (secondary N) is 1. The molecular weight excluding hydrogens is 240 g/mol. The molecule has 6 nitrogen and oxygen atoms in total. The van der Waals surface area contributed by atoms with Crippen molar-refractivity contribution in [1.29, 1.82) is 0 Å². The minimum atomic E-state index is -2.95. The van der Waals surface area contributed by atoms with Gasteiger partial charge in [-0.1, -0.05) is 13.8 Å². The van der Waals surface area contributed by atoms with Gasteiger partial charge in [-0.25, -0.2) is 8.42 Å². The van der Waals surface area contributed by atoms with E-state index in [9.17, 15) is 8.42 Å². The normalized spacial score (nSPS) is 11.7. The van der Waals surface area contributed by atoms with Crippen molar-refractivity contribution in [1.82, 2.24) is 9.78 Å². The molecule has 98 valence electrons. The zero-order chi connectivity index (χ0) is 13.1. The molecule has 0 radical (unpaired) electrons. The lowest BCUT2D eigenvalue weighted by molar-refractivity contribution is 0.597. The van der Waals surface area contributed by atoms with Crippen molar-refractivity contribution in [3.63, 3.8) is 0 Å². The molecule has 0 spiro atoms. The van der Waals surface area contributed by atoms with E-state index in [1.165, 1.54) is 0 Å². The number of aryl methyl sites for hydroxylation is 2. The Morgan fingerprint density at radius 2 is 2.06 bits per heavy atom. The number of nitrogen functional groups attached to an aromatic ring is 1. The molecule has 17 heavy (non-hydrogen) atoms. The number of nitrogens with zero attached hydrogens (tertiary/aromatic N) is 2. The van der Waals surface area contributed by atoms with Gasteiger partial charge in [-0.3, -0.25) is 4.68 Å². The topological polar surface area (TPSA) is 90.0 Å². The SMILES string of the molecule is CCc1nn(C)c(NCCS(=O)(=O)CC)c1N. The van der Waals surface area contributed by atoms with Crippen LogP contribution >= 0.6 is 0 Å². The van der Waals surface area contributed by atoms with Crippen LogP contribution in [0.25, 0.3) is 0 Å². The molecule has 0 aliphatic rings. The Bertz CT molecular complexity index is 479. The fourth-order valence-corrected chi connectivity index (χ4v) is 2.24. The third kappa shape index (κ3) is 3.36. The molecule has 0 amide bonds. The first-order valence-corrected chi connectivity index (χ1v) is 7.49. The maximum atomic E-state index is 11.3. The van der Waals surface area contributed by atoms with Crippen LogP contribution in [-0.2, 0) is 23.3 Å². The lowest BCUT2D eigenvalue weighted by Gasteiger charge is -2.07. The van der Waals surface area contributed by atoms with E-state index in [2.05, 4.69) is 10.4 Å². The molecule has 0 aliphatic heterocycles. The predicted molar refractivity (Wildman–Crippen MR) is 69.8 cm³/mol. The quantitative estimate of drug-likeness (QED) is 0.773. The highest BCUT2D eigenvalue weighted by atomic mass is 32.2. The molecule has 7 heteroatoms. The van der Waals surface area contributed by atoms with Gasteiger partial charge in [0.1, 0.15) is 5.82 Å². The van der Waals surface area contributed by atoms with Crippen LogP contribution in [0.5, 0.6) is 0 Å². The average Bonchev–Trinajstić information content (AvgIpc) is 2.56. The van der Waals surface area contributed by atoms with Crippen LogP contribution in [0.4, 0.5) is 11.5 Å². The van der Waals surface area contributed by atoms with E-state index in [1.807, 2.05) is 6.92 Å². The van der Waals surface area contributed by atoms with Gasteiger partial charge in [0.15, 0.2) is 9.84 Å². The molecule has 1 aromatic heterocycles. The minimum absolute atomic E-state index is 0.107. The number of rotatable bonds is 6. The molecule has 0 atom stereocenters. The maximum Gasteiger partial charge on any atom is 0.151 e. The molecule has 0 aliphatic carbocycles. The minimum Gasteiger partial charge on any atom is -0.394 e. The van der Waals surface area contributed by atoms with Crippen LogP contribution in [0.15, 0.2) is 0 Å². The van der Waals surface area contributed by atoms with E-state index < -0.39 is 9.84 Å². The lowest BCUT2D eigenvalue weighted by atomic mass is 10.3. The first kappa shape index (κ1) is 13.8. The second-order valence-electron chi connectivity index (χ2n) is 3.85. The Hall–Kier alpha value is -1.24. The Labute approximate surface area is 102 Å². The van der Waals surface area contributed by atoms with E-state index in [0.717, 1.165) is 12.1 Å². The van der Waals surface area contributed by atoms with Crippen molar-refractivity contribution in [3.8, 4) is 0 Å². The van der Waals surface area contributed by atoms with Gasteiger partial charge < -0.3 is 11.1 Å². The Balaban J connectivity index is 2.67. The number of sulfone groups is 1. The second-order valence-corrected chi connectivity index (χ2v) is 6.32. The summed E-state index contributed by atoms with van der Waals surface area (Å²) in [5, 5.41) is 7.27. The van der Waals surface area contributed by atoms with Crippen LogP contribution in [0.2, 0.25) is 0 Å². The molecule has 1 heterocycles. The fourth-order valence-electron chi connectivity index (χ4n) is 1.54. The van der Waals surface area contributed by atoms with Crippen molar-refractivity contribution >= 4 is 21.3 Å². The van der Waals surface area contributed by atoms with E-state index in [1.54, 1.807) is 18.7 Å². The molecule has 3 N–H and O–H groups in total. The molecule has 1 rings (SSSR count). The molecule has 0 bridgehead atoms. The summed E-state index contributed by atoms with van der Waals surface area (Å²) in [7, 11) is -1.16. The highest BCUT2D eigenvalue weighted by Crippen LogP contribution is 2.21. The van der Waals surface area contributed by atoms with Gasteiger partial charge in [0.25, 0.3) is 0 Å². The van der Waals surface area contributed by atoms with Crippen LogP contribution in [0.1, 0.15) is 19.5 Å². The second kappa shape index (κ2) is 5.39. The summed E-state index contributed by atoms with van der Waals surface area (Å²) in [4.78, 5) is 0. The van der Waals surface area contributed by atoms with Crippen LogP contribution < -0.4 is 11.1 Å². The van der Waals surface area contributed by atoms with E-state index >= 15 is 0 Å². The summed E-state index contributed by atoms with van der Waals surface area (Å²) in [5.74, 6) is 0.957. The summed E-state index contributed by atoms with van der Waals surface area (Å²) in [6, 6.07) is 0. The number of hydrogen-bond donors (Lipinski definition) is 2. The lowest BCUT2D eigenvalue weighted by Crippen LogP contribution is -2.18. The van der Waals surface area contributed by atoms with Crippen molar-refractivity contribution in [2.75, 3.05) is 29.1 Å². The van der Waals surface area contributed by atoms with Gasteiger partial charge >= 0.3 is 0 Å². The molecule has 0 unspecified atom stereocenters. The summed E-state index contributed by atoms with van der Waals surface area (Å²) < 4.78 is 24.3. The fraction of sp³-hybridized carbons (Fsp3) is 0.700. The van der Waals surface area contributed by atoms with Crippen LogP contribution in [0, 0.1) is 0 Å². The summed E-state index contributed by atoms with van der Waals surface area (Å²) in [6.07, 6.45) is 0.759. The molecule has 0 saturated carbocycles. The Kier molecular flexibility index (Phi) is 4.39. The third-order valence-corrected chi connectivity index (χ3v) is 4.35. The smallest absolute Gasteiger partial charge is 0.151 e. The van der Waals surface area contributed by atoms with E-state index in [4.69, 9.17) is 5.73 Å².